The molecule has 1 unspecified atom stereocenters. The van der Waals surface area contributed by atoms with Crippen LogP contribution in [0.3, 0.4) is 0 Å². The van der Waals surface area contributed by atoms with Crippen molar-refractivity contribution in [3.8, 4) is 0 Å². The summed E-state index contributed by atoms with van der Waals surface area (Å²) in [6, 6.07) is 0. The summed E-state index contributed by atoms with van der Waals surface area (Å²) in [5.41, 5.74) is 0.601. The predicted molar refractivity (Wildman–Crippen MR) is 62.1 cm³/mol. The summed E-state index contributed by atoms with van der Waals surface area (Å²) in [5.74, 6) is -1.02. The third kappa shape index (κ3) is 6.52. The standard InChI is InChI=1S/C12H18O5/c1-8(2)11(13)16-7-6-10(15-5)17-12(14)9(3)4/h10H,1,3,6-7H2,2,4-5H3. The number of hydrogen-bond acceptors (Lipinski definition) is 5. The number of carbonyl (C=O) groups is 2. The molecule has 1 atom stereocenters. The van der Waals surface area contributed by atoms with Gasteiger partial charge in [0.1, 0.15) is 0 Å². The molecule has 0 aromatic carbocycles. The normalized spacial score (nSPS) is 11.5. The van der Waals surface area contributed by atoms with E-state index in [1.165, 1.54) is 14.0 Å². The van der Waals surface area contributed by atoms with Gasteiger partial charge >= 0.3 is 11.9 Å². The lowest BCUT2D eigenvalue weighted by molar-refractivity contribution is -0.172. The molecule has 0 aliphatic carbocycles. The molecule has 0 heterocycles. The van der Waals surface area contributed by atoms with Crippen molar-refractivity contribution in [2.45, 2.75) is 26.6 Å². The third-order valence-corrected chi connectivity index (χ3v) is 1.79. The summed E-state index contributed by atoms with van der Waals surface area (Å²) < 4.78 is 14.7. The van der Waals surface area contributed by atoms with Gasteiger partial charge in [-0.1, -0.05) is 13.2 Å². The monoisotopic (exact) mass is 242 g/mol. The first-order chi connectivity index (χ1) is 7.88. The first-order valence-electron chi connectivity index (χ1n) is 5.10. The summed E-state index contributed by atoms with van der Waals surface area (Å²) in [7, 11) is 1.40. The van der Waals surface area contributed by atoms with E-state index in [0.717, 1.165) is 0 Å². The zero-order valence-corrected chi connectivity index (χ0v) is 10.4. The molecule has 0 rings (SSSR count). The van der Waals surface area contributed by atoms with Crippen LogP contribution in [-0.4, -0.2) is 31.9 Å². The van der Waals surface area contributed by atoms with Crippen LogP contribution < -0.4 is 0 Å². The SMILES string of the molecule is C=C(C)C(=O)OCCC(OC)OC(=O)C(=C)C. The van der Waals surface area contributed by atoms with Crippen LogP contribution in [0.5, 0.6) is 0 Å². The highest BCUT2D eigenvalue weighted by atomic mass is 16.7. The molecule has 0 aromatic rings. The molecule has 0 aliphatic heterocycles. The van der Waals surface area contributed by atoms with E-state index in [4.69, 9.17) is 14.2 Å². The Morgan fingerprint density at radius 2 is 1.65 bits per heavy atom. The highest BCUT2D eigenvalue weighted by molar-refractivity contribution is 5.87. The Morgan fingerprint density at radius 1 is 1.12 bits per heavy atom. The topological polar surface area (TPSA) is 61.8 Å². The van der Waals surface area contributed by atoms with Crippen LogP contribution in [0.4, 0.5) is 0 Å². The lowest BCUT2D eigenvalue weighted by Gasteiger charge is -2.16. The summed E-state index contributed by atoms with van der Waals surface area (Å²) >= 11 is 0. The van der Waals surface area contributed by atoms with E-state index < -0.39 is 18.2 Å². The lowest BCUT2D eigenvalue weighted by Crippen LogP contribution is -2.23. The van der Waals surface area contributed by atoms with Crippen molar-refractivity contribution in [1.82, 2.24) is 0 Å². The molecule has 0 N–H and O–H groups in total. The van der Waals surface area contributed by atoms with Gasteiger partial charge in [0.25, 0.3) is 0 Å². The Kier molecular flexibility index (Phi) is 6.89. The molecule has 0 radical (unpaired) electrons. The van der Waals surface area contributed by atoms with E-state index >= 15 is 0 Å². The number of esters is 2. The van der Waals surface area contributed by atoms with Gasteiger partial charge in [-0.3, -0.25) is 0 Å². The maximum absolute atomic E-state index is 11.2. The second-order valence-corrected chi connectivity index (χ2v) is 3.56. The molecule has 5 nitrogen and oxygen atoms in total. The Balaban J connectivity index is 3.99. The number of carbonyl (C=O) groups excluding carboxylic acids is 2. The Hall–Kier alpha value is -1.62. The smallest absolute Gasteiger partial charge is 0.335 e. The van der Waals surface area contributed by atoms with Gasteiger partial charge in [0.15, 0.2) is 0 Å². The molecule has 0 aliphatic rings. The molecule has 0 aromatic heterocycles. The van der Waals surface area contributed by atoms with Gasteiger partial charge in [0, 0.05) is 24.7 Å². The van der Waals surface area contributed by atoms with Crippen molar-refractivity contribution in [3.05, 3.63) is 24.3 Å². The molecule has 0 saturated heterocycles. The Morgan fingerprint density at radius 3 is 2.06 bits per heavy atom. The minimum atomic E-state index is -0.753. The van der Waals surface area contributed by atoms with Gasteiger partial charge < -0.3 is 14.2 Å². The second kappa shape index (κ2) is 7.62. The van der Waals surface area contributed by atoms with E-state index in [1.807, 2.05) is 0 Å². The predicted octanol–water partition coefficient (Wildman–Crippen LogP) is 1.59. The van der Waals surface area contributed by atoms with Gasteiger partial charge in [0.2, 0.25) is 6.29 Å². The van der Waals surface area contributed by atoms with Crippen LogP contribution in [0.15, 0.2) is 24.3 Å². The quantitative estimate of drug-likeness (QED) is 0.385. The highest BCUT2D eigenvalue weighted by Gasteiger charge is 2.14. The molecule has 0 spiro atoms. The van der Waals surface area contributed by atoms with E-state index in [9.17, 15) is 9.59 Å². The van der Waals surface area contributed by atoms with Crippen LogP contribution in [-0.2, 0) is 23.8 Å². The van der Waals surface area contributed by atoms with Gasteiger partial charge in [-0.2, -0.15) is 0 Å². The molecular weight excluding hydrogens is 224 g/mol. The van der Waals surface area contributed by atoms with Crippen molar-refractivity contribution in [3.63, 3.8) is 0 Å². The van der Waals surface area contributed by atoms with Gasteiger partial charge in [-0.25, -0.2) is 9.59 Å². The molecule has 0 fully saturated rings. The zero-order valence-electron chi connectivity index (χ0n) is 10.4. The average molecular weight is 242 g/mol. The van der Waals surface area contributed by atoms with Crippen LogP contribution >= 0.6 is 0 Å². The third-order valence-electron chi connectivity index (χ3n) is 1.79. The Labute approximate surface area is 101 Å². The van der Waals surface area contributed by atoms with Crippen molar-refractivity contribution in [2.75, 3.05) is 13.7 Å². The molecule has 5 heteroatoms. The summed E-state index contributed by atoms with van der Waals surface area (Å²) in [5, 5.41) is 0. The molecule has 0 saturated carbocycles. The molecular formula is C12H18O5. The number of rotatable bonds is 7. The van der Waals surface area contributed by atoms with Crippen molar-refractivity contribution < 1.29 is 23.8 Å². The average Bonchev–Trinajstić information content (AvgIpc) is 2.26. The van der Waals surface area contributed by atoms with Crippen molar-refractivity contribution >= 4 is 11.9 Å². The Bertz CT molecular complexity index is 319. The van der Waals surface area contributed by atoms with Crippen LogP contribution in [0.25, 0.3) is 0 Å². The van der Waals surface area contributed by atoms with Gasteiger partial charge in [-0.15, -0.1) is 0 Å². The second-order valence-electron chi connectivity index (χ2n) is 3.56. The first kappa shape index (κ1) is 15.4. The van der Waals surface area contributed by atoms with Crippen molar-refractivity contribution in [2.24, 2.45) is 0 Å². The van der Waals surface area contributed by atoms with Crippen LogP contribution in [0.2, 0.25) is 0 Å². The zero-order chi connectivity index (χ0) is 13.4. The summed E-state index contributed by atoms with van der Waals surface area (Å²) in [6.07, 6.45) is -0.494. The van der Waals surface area contributed by atoms with E-state index in [0.29, 0.717) is 5.57 Å². The minimum Gasteiger partial charge on any atom is -0.462 e. The molecule has 17 heavy (non-hydrogen) atoms. The fraction of sp³-hybridized carbons (Fsp3) is 0.500. The summed E-state index contributed by atoms with van der Waals surface area (Å²) in [6.45, 7) is 10.1. The van der Waals surface area contributed by atoms with Crippen molar-refractivity contribution in [1.29, 1.82) is 0 Å². The van der Waals surface area contributed by atoms with Crippen LogP contribution in [0, 0.1) is 0 Å². The number of ether oxygens (including phenoxy) is 3. The maximum atomic E-state index is 11.2. The number of hydrogen-bond donors (Lipinski definition) is 0. The maximum Gasteiger partial charge on any atom is 0.335 e. The summed E-state index contributed by atoms with van der Waals surface area (Å²) in [4.78, 5) is 22.3. The van der Waals surface area contributed by atoms with Gasteiger partial charge in [-0.05, 0) is 13.8 Å². The molecule has 96 valence electrons. The minimum absolute atomic E-state index is 0.0909. The van der Waals surface area contributed by atoms with Crippen LogP contribution in [0.1, 0.15) is 20.3 Å². The van der Waals surface area contributed by atoms with E-state index in [1.54, 1.807) is 6.92 Å². The van der Waals surface area contributed by atoms with Gasteiger partial charge in [0.05, 0.1) is 6.61 Å². The molecule has 0 bridgehead atoms. The van der Waals surface area contributed by atoms with E-state index in [-0.39, 0.29) is 18.6 Å². The highest BCUT2D eigenvalue weighted by Crippen LogP contribution is 2.05. The van der Waals surface area contributed by atoms with E-state index in [2.05, 4.69) is 13.2 Å². The fourth-order valence-electron chi connectivity index (χ4n) is 0.816. The number of methoxy groups -OCH3 is 1. The first-order valence-corrected chi connectivity index (χ1v) is 5.10. The largest absolute Gasteiger partial charge is 0.462 e. The molecule has 0 amide bonds. The lowest BCUT2D eigenvalue weighted by atomic mass is 10.3. The fourth-order valence-corrected chi connectivity index (χ4v) is 0.816.